The summed E-state index contributed by atoms with van der Waals surface area (Å²) < 4.78 is 0. The van der Waals surface area contributed by atoms with E-state index in [2.05, 4.69) is 0 Å². The zero-order valence-electron chi connectivity index (χ0n) is 6.05. The number of aliphatic hydroxyl groups is 3. The number of aliphatic hydroxyl groups excluding tert-OH is 3. The highest BCUT2D eigenvalue weighted by atomic mass is 35.5. The Morgan fingerprint density at radius 3 is 2.00 bits per heavy atom. The van der Waals surface area contributed by atoms with Gasteiger partial charge in [0, 0.05) is 6.04 Å². The molecule has 11 heavy (non-hydrogen) atoms. The van der Waals surface area contributed by atoms with Crippen LogP contribution in [0.4, 0.5) is 0 Å². The third-order valence-corrected chi connectivity index (χ3v) is 1.98. The molecule has 1 fully saturated rings. The molecule has 0 heterocycles. The number of nitrogens with two attached hydrogens (primary N) is 1. The molecule has 0 amide bonds. The van der Waals surface area contributed by atoms with Crippen molar-refractivity contribution in [3.63, 3.8) is 0 Å². The van der Waals surface area contributed by atoms with Crippen molar-refractivity contribution in [3.8, 4) is 0 Å². The molecule has 1 rings (SSSR count). The molecule has 1 saturated carbocycles. The Bertz CT molecular complexity index is 110. The van der Waals surface area contributed by atoms with Crippen molar-refractivity contribution in [1.82, 2.24) is 0 Å². The van der Waals surface area contributed by atoms with E-state index >= 15 is 0 Å². The quantitative estimate of drug-likeness (QED) is 0.373. The summed E-state index contributed by atoms with van der Waals surface area (Å²) in [5.74, 6) is 0. The maximum absolute atomic E-state index is 9.08. The van der Waals surface area contributed by atoms with Gasteiger partial charge in [0.25, 0.3) is 0 Å². The van der Waals surface area contributed by atoms with Crippen LogP contribution < -0.4 is 5.73 Å². The molecular weight excluding hydrogens is 170 g/mol. The molecule has 0 aromatic heterocycles. The van der Waals surface area contributed by atoms with E-state index in [1.165, 1.54) is 0 Å². The average molecular weight is 184 g/mol. The SMILES string of the molecule is Cl.N[C@@H]1CC[C@H](O)[C@@H](O)[C@H]1O. The highest BCUT2D eigenvalue weighted by Crippen LogP contribution is 2.17. The molecular formula is C6H14ClNO3. The minimum Gasteiger partial charge on any atom is -0.390 e. The van der Waals surface area contributed by atoms with Gasteiger partial charge in [-0.25, -0.2) is 0 Å². The number of halogens is 1. The van der Waals surface area contributed by atoms with Gasteiger partial charge in [-0.15, -0.1) is 12.4 Å². The second-order valence-corrected chi connectivity index (χ2v) is 2.79. The van der Waals surface area contributed by atoms with Gasteiger partial charge >= 0.3 is 0 Å². The molecule has 5 heteroatoms. The van der Waals surface area contributed by atoms with E-state index in [-0.39, 0.29) is 12.4 Å². The van der Waals surface area contributed by atoms with Crippen LogP contribution in [0.25, 0.3) is 0 Å². The van der Waals surface area contributed by atoms with Gasteiger partial charge in [-0.1, -0.05) is 0 Å². The lowest BCUT2D eigenvalue weighted by Gasteiger charge is -2.32. The first-order chi connectivity index (χ1) is 4.63. The average Bonchev–Trinajstić information content (AvgIpc) is 1.93. The lowest BCUT2D eigenvalue weighted by Crippen LogP contribution is -2.52. The Kier molecular flexibility index (Phi) is 4.28. The Balaban J connectivity index is 0.000001000. The number of hydrogen-bond donors (Lipinski definition) is 4. The molecule has 0 radical (unpaired) electrons. The summed E-state index contributed by atoms with van der Waals surface area (Å²) in [4.78, 5) is 0. The molecule has 5 N–H and O–H groups in total. The molecule has 1 aliphatic rings. The van der Waals surface area contributed by atoms with Crippen molar-refractivity contribution >= 4 is 12.4 Å². The van der Waals surface area contributed by atoms with Crippen LogP contribution in [0, 0.1) is 0 Å². The summed E-state index contributed by atoms with van der Waals surface area (Å²) in [6, 6.07) is -0.390. The van der Waals surface area contributed by atoms with Crippen LogP contribution in [0.5, 0.6) is 0 Å². The fourth-order valence-corrected chi connectivity index (χ4v) is 1.19. The van der Waals surface area contributed by atoms with Crippen molar-refractivity contribution in [3.05, 3.63) is 0 Å². The number of rotatable bonds is 0. The van der Waals surface area contributed by atoms with E-state index in [9.17, 15) is 0 Å². The topological polar surface area (TPSA) is 86.7 Å². The number of hydrogen-bond acceptors (Lipinski definition) is 4. The maximum Gasteiger partial charge on any atom is 0.107 e. The van der Waals surface area contributed by atoms with Gasteiger partial charge in [0.15, 0.2) is 0 Å². The summed E-state index contributed by atoms with van der Waals surface area (Å²) >= 11 is 0. The van der Waals surface area contributed by atoms with Crippen molar-refractivity contribution in [2.45, 2.75) is 37.2 Å². The van der Waals surface area contributed by atoms with Crippen LogP contribution in [-0.4, -0.2) is 39.7 Å². The highest BCUT2D eigenvalue weighted by Gasteiger charge is 2.34. The zero-order chi connectivity index (χ0) is 7.72. The Labute approximate surface area is 71.4 Å². The zero-order valence-corrected chi connectivity index (χ0v) is 6.87. The summed E-state index contributed by atoms with van der Waals surface area (Å²) in [7, 11) is 0. The molecule has 0 aliphatic heterocycles. The molecule has 0 bridgehead atoms. The van der Waals surface area contributed by atoms with Gasteiger partial charge in [0.2, 0.25) is 0 Å². The fourth-order valence-electron chi connectivity index (χ4n) is 1.19. The van der Waals surface area contributed by atoms with Gasteiger partial charge in [-0.3, -0.25) is 0 Å². The summed E-state index contributed by atoms with van der Waals surface area (Å²) in [5, 5.41) is 27.1. The van der Waals surface area contributed by atoms with Crippen LogP contribution in [0.1, 0.15) is 12.8 Å². The molecule has 1 aliphatic carbocycles. The smallest absolute Gasteiger partial charge is 0.107 e. The normalized spacial score (nSPS) is 44.7. The summed E-state index contributed by atoms with van der Waals surface area (Å²) in [6.07, 6.45) is -1.80. The van der Waals surface area contributed by atoms with Gasteiger partial charge in [0.1, 0.15) is 6.10 Å². The first kappa shape index (κ1) is 11.1. The van der Waals surface area contributed by atoms with Crippen LogP contribution in [0.2, 0.25) is 0 Å². The van der Waals surface area contributed by atoms with Crippen molar-refractivity contribution in [1.29, 1.82) is 0 Å². The lowest BCUT2D eigenvalue weighted by molar-refractivity contribution is -0.0924. The Morgan fingerprint density at radius 2 is 1.55 bits per heavy atom. The molecule has 4 nitrogen and oxygen atoms in total. The highest BCUT2D eigenvalue weighted by molar-refractivity contribution is 5.85. The predicted molar refractivity (Wildman–Crippen MR) is 42.5 cm³/mol. The van der Waals surface area contributed by atoms with Crippen LogP contribution in [0.15, 0.2) is 0 Å². The monoisotopic (exact) mass is 183 g/mol. The first-order valence-electron chi connectivity index (χ1n) is 3.42. The molecule has 0 aromatic carbocycles. The van der Waals surface area contributed by atoms with E-state index in [1.807, 2.05) is 0 Å². The molecule has 4 atom stereocenters. The van der Waals surface area contributed by atoms with Gasteiger partial charge < -0.3 is 21.1 Å². The summed E-state index contributed by atoms with van der Waals surface area (Å²) in [5.41, 5.74) is 5.41. The van der Waals surface area contributed by atoms with E-state index in [0.717, 1.165) is 0 Å². The molecule has 68 valence electrons. The second-order valence-electron chi connectivity index (χ2n) is 2.79. The maximum atomic E-state index is 9.08. The minimum absolute atomic E-state index is 0. The Hall–Kier alpha value is 0.130. The second kappa shape index (κ2) is 4.23. The van der Waals surface area contributed by atoms with Crippen molar-refractivity contribution < 1.29 is 15.3 Å². The molecule has 0 saturated heterocycles. The van der Waals surface area contributed by atoms with E-state index in [0.29, 0.717) is 12.8 Å². The lowest BCUT2D eigenvalue weighted by atomic mass is 9.88. The van der Waals surface area contributed by atoms with Crippen LogP contribution in [-0.2, 0) is 0 Å². The largest absolute Gasteiger partial charge is 0.390 e. The third-order valence-electron chi connectivity index (χ3n) is 1.98. The van der Waals surface area contributed by atoms with Crippen molar-refractivity contribution in [2.24, 2.45) is 5.73 Å². The van der Waals surface area contributed by atoms with Gasteiger partial charge in [0.05, 0.1) is 12.2 Å². The fraction of sp³-hybridized carbons (Fsp3) is 1.00. The van der Waals surface area contributed by atoms with Gasteiger partial charge in [-0.05, 0) is 12.8 Å². The van der Waals surface area contributed by atoms with E-state index < -0.39 is 24.4 Å². The molecule has 0 spiro atoms. The van der Waals surface area contributed by atoms with Crippen LogP contribution >= 0.6 is 12.4 Å². The third kappa shape index (κ3) is 2.28. The van der Waals surface area contributed by atoms with E-state index in [1.54, 1.807) is 0 Å². The Morgan fingerprint density at radius 1 is 1.00 bits per heavy atom. The van der Waals surface area contributed by atoms with Crippen LogP contribution in [0.3, 0.4) is 0 Å². The van der Waals surface area contributed by atoms with Crippen molar-refractivity contribution in [2.75, 3.05) is 0 Å². The predicted octanol–water partition coefficient (Wildman–Crippen LogP) is -1.39. The van der Waals surface area contributed by atoms with Gasteiger partial charge in [-0.2, -0.15) is 0 Å². The summed E-state index contributed by atoms with van der Waals surface area (Å²) in [6.45, 7) is 0. The molecule has 0 aromatic rings. The van der Waals surface area contributed by atoms with E-state index in [4.69, 9.17) is 21.1 Å². The first-order valence-corrected chi connectivity index (χ1v) is 3.42. The minimum atomic E-state index is -1.07. The standard InChI is InChI=1S/C6H13NO3.ClH/c7-3-1-2-4(8)6(10)5(3)9;/h3-6,8-10H,1-2,7H2;1H/t3-,4+,5+,6-;/m1./s1. The molecule has 0 unspecified atom stereocenters.